The minimum Gasteiger partial charge on any atom is -0.493 e. The summed E-state index contributed by atoms with van der Waals surface area (Å²) < 4.78 is 12.0. The summed E-state index contributed by atoms with van der Waals surface area (Å²) in [6.07, 6.45) is 4.23. The molecule has 1 N–H and O–H groups in total. The van der Waals surface area contributed by atoms with Gasteiger partial charge in [-0.05, 0) is 51.8 Å². The predicted octanol–water partition coefficient (Wildman–Crippen LogP) is 4.65. The fraction of sp³-hybridized carbons (Fsp3) is 0.0588. The molecule has 0 bridgehead atoms. The van der Waals surface area contributed by atoms with Crippen molar-refractivity contribution in [3.05, 3.63) is 62.5 Å². The van der Waals surface area contributed by atoms with Gasteiger partial charge < -0.3 is 14.7 Å². The SMILES string of the molecule is COc1cc(/C=N/O)cc(Br)c1OC(=O)/C=C/c1cccc(Br)c1. The lowest BCUT2D eigenvalue weighted by Gasteiger charge is -2.11. The van der Waals surface area contributed by atoms with Crippen molar-refractivity contribution in [3.63, 3.8) is 0 Å². The lowest BCUT2D eigenvalue weighted by Crippen LogP contribution is -2.06. The van der Waals surface area contributed by atoms with Crippen LogP contribution in [0.4, 0.5) is 0 Å². The normalized spacial score (nSPS) is 11.1. The van der Waals surface area contributed by atoms with E-state index in [1.54, 1.807) is 18.2 Å². The third kappa shape index (κ3) is 4.94. The Morgan fingerprint density at radius 2 is 2.00 bits per heavy atom. The first-order chi connectivity index (χ1) is 11.5. The van der Waals surface area contributed by atoms with Gasteiger partial charge in [-0.25, -0.2) is 4.79 Å². The maximum Gasteiger partial charge on any atom is 0.336 e. The van der Waals surface area contributed by atoms with Crippen molar-refractivity contribution in [1.82, 2.24) is 0 Å². The molecule has 0 unspecified atom stereocenters. The molecule has 0 aliphatic carbocycles. The minimum absolute atomic E-state index is 0.247. The van der Waals surface area contributed by atoms with Crippen LogP contribution >= 0.6 is 31.9 Å². The average molecular weight is 455 g/mol. The maximum absolute atomic E-state index is 12.0. The topological polar surface area (TPSA) is 68.1 Å². The molecule has 0 amide bonds. The zero-order valence-electron chi connectivity index (χ0n) is 12.6. The molecule has 124 valence electrons. The van der Waals surface area contributed by atoms with Gasteiger partial charge in [-0.2, -0.15) is 0 Å². The smallest absolute Gasteiger partial charge is 0.336 e. The van der Waals surface area contributed by atoms with Crippen molar-refractivity contribution in [2.45, 2.75) is 0 Å². The van der Waals surface area contributed by atoms with E-state index in [-0.39, 0.29) is 5.75 Å². The maximum atomic E-state index is 12.0. The highest BCUT2D eigenvalue weighted by Crippen LogP contribution is 2.36. The van der Waals surface area contributed by atoms with E-state index in [1.165, 1.54) is 19.4 Å². The van der Waals surface area contributed by atoms with Gasteiger partial charge in [-0.15, -0.1) is 0 Å². The molecule has 0 saturated carbocycles. The molecule has 0 aliphatic heterocycles. The van der Waals surface area contributed by atoms with Gasteiger partial charge in [0.1, 0.15) is 0 Å². The largest absolute Gasteiger partial charge is 0.493 e. The molecule has 2 aromatic rings. The number of oxime groups is 1. The van der Waals surface area contributed by atoms with Crippen LogP contribution in [-0.2, 0) is 4.79 Å². The third-order valence-electron chi connectivity index (χ3n) is 2.92. The van der Waals surface area contributed by atoms with Crippen LogP contribution in [-0.4, -0.2) is 24.5 Å². The monoisotopic (exact) mass is 453 g/mol. The number of esters is 1. The van der Waals surface area contributed by atoms with Crippen LogP contribution in [0, 0.1) is 0 Å². The summed E-state index contributed by atoms with van der Waals surface area (Å²) >= 11 is 6.68. The van der Waals surface area contributed by atoms with E-state index >= 15 is 0 Å². The fourth-order valence-electron chi connectivity index (χ4n) is 1.89. The number of nitrogens with zero attached hydrogens (tertiary/aromatic N) is 1. The van der Waals surface area contributed by atoms with E-state index in [0.29, 0.717) is 15.8 Å². The zero-order chi connectivity index (χ0) is 17.5. The van der Waals surface area contributed by atoms with Crippen molar-refractivity contribution in [1.29, 1.82) is 0 Å². The van der Waals surface area contributed by atoms with Crippen LogP contribution in [0.15, 0.2) is 56.6 Å². The molecule has 2 aromatic carbocycles. The summed E-state index contributed by atoms with van der Waals surface area (Å²) in [5, 5.41) is 11.6. The molecule has 24 heavy (non-hydrogen) atoms. The molecular weight excluding hydrogens is 442 g/mol. The van der Waals surface area contributed by atoms with Crippen LogP contribution in [0.1, 0.15) is 11.1 Å². The van der Waals surface area contributed by atoms with Gasteiger partial charge in [0.15, 0.2) is 11.5 Å². The summed E-state index contributed by atoms with van der Waals surface area (Å²) in [5.74, 6) is 0.0394. The molecule has 0 fully saturated rings. The average Bonchev–Trinajstić information content (AvgIpc) is 2.55. The molecule has 0 saturated heterocycles. The fourth-order valence-corrected chi connectivity index (χ4v) is 2.85. The molecule has 0 aliphatic rings. The molecular formula is C17H13Br2NO4. The second kappa shape index (κ2) is 8.65. The van der Waals surface area contributed by atoms with Gasteiger partial charge >= 0.3 is 5.97 Å². The van der Waals surface area contributed by atoms with Crippen molar-refractivity contribution in [2.24, 2.45) is 5.16 Å². The quantitative estimate of drug-likeness (QED) is 0.178. The summed E-state index contributed by atoms with van der Waals surface area (Å²) in [6, 6.07) is 10.7. The molecule has 0 heterocycles. The van der Waals surface area contributed by atoms with E-state index in [4.69, 9.17) is 14.7 Å². The Labute approximate surface area is 155 Å². The summed E-state index contributed by atoms with van der Waals surface area (Å²) in [4.78, 5) is 12.0. The third-order valence-corrected chi connectivity index (χ3v) is 4.00. The standard InChI is InChI=1S/C17H13Br2NO4/c1-23-15-9-12(10-20-22)8-14(19)17(15)24-16(21)6-5-11-3-2-4-13(18)7-11/h2-10,22H,1H3/b6-5+,20-10+. The van der Waals surface area contributed by atoms with E-state index in [2.05, 4.69) is 37.0 Å². The van der Waals surface area contributed by atoms with E-state index < -0.39 is 5.97 Å². The van der Waals surface area contributed by atoms with Gasteiger partial charge in [0, 0.05) is 16.1 Å². The molecule has 7 heteroatoms. The number of rotatable bonds is 5. The van der Waals surface area contributed by atoms with Crippen LogP contribution in [0.2, 0.25) is 0 Å². The Hall–Kier alpha value is -2.12. The number of hydrogen-bond acceptors (Lipinski definition) is 5. The number of methoxy groups -OCH3 is 1. The second-order valence-electron chi connectivity index (χ2n) is 4.59. The molecule has 0 radical (unpaired) electrons. The van der Waals surface area contributed by atoms with Crippen molar-refractivity contribution in [3.8, 4) is 11.5 Å². The van der Waals surface area contributed by atoms with E-state index in [0.717, 1.165) is 10.0 Å². The summed E-state index contributed by atoms with van der Waals surface area (Å²) in [6.45, 7) is 0. The lowest BCUT2D eigenvalue weighted by atomic mass is 10.2. The van der Waals surface area contributed by atoms with Crippen molar-refractivity contribution >= 4 is 50.1 Å². The van der Waals surface area contributed by atoms with Crippen LogP contribution in [0.25, 0.3) is 6.08 Å². The minimum atomic E-state index is -0.544. The van der Waals surface area contributed by atoms with Gasteiger partial charge in [-0.1, -0.05) is 33.2 Å². The highest BCUT2D eigenvalue weighted by atomic mass is 79.9. The van der Waals surface area contributed by atoms with Gasteiger partial charge in [0.05, 0.1) is 17.8 Å². The van der Waals surface area contributed by atoms with Crippen LogP contribution < -0.4 is 9.47 Å². The zero-order valence-corrected chi connectivity index (χ0v) is 15.7. The number of carbonyl (C=O) groups excluding carboxylic acids is 1. The number of benzene rings is 2. The predicted molar refractivity (Wildman–Crippen MR) is 98.9 cm³/mol. The van der Waals surface area contributed by atoms with E-state index in [9.17, 15) is 4.79 Å². The molecule has 5 nitrogen and oxygen atoms in total. The Morgan fingerprint density at radius 1 is 1.21 bits per heavy atom. The van der Waals surface area contributed by atoms with Gasteiger partial charge in [0.2, 0.25) is 0 Å². The van der Waals surface area contributed by atoms with Crippen molar-refractivity contribution in [2.75, 3.05) is 7.11 Å². The molecule has 0 atom stereocenters. The van der Waals surface area contributed by atoms with E-state index in [1.807, 2.05) is 24.3 Å². The highest BCUT2D eigenvalue weighted by molar-refractivity contribution is 9.10. The Kier molecular flexibility index (Phi) is 6.57. The first kappa shape index (κ1) is 18.2. The molecule has 0 spiro atoms. The Morgan fingerprint density at radius 3 is 2.67 bits per heavy atom. The van der Waals surface area contributed by atoms with Crippen molar-refractivity contribution < 1.29 is 19.5 Å². The second-order valence-corrected chi connectivity index (χ2v) is 6.36. The molecule has 0 aromatic heterocycles. The number of halogens is 2. The first-order valence-corrected chi connectivity index (χ1v) is 8.32. The number of hydrogen-bond donors (Lipinski definition) is 1. The lowest BCUT2D eigenvalue weighted by molar-refractivity contribution is -0.129. The number of ether oxygens (including phenoxy) is 2. The highest BCUT2D eigenvalue weighted by Gasteiger charge is 2.14. The molecule has 2 rings (SSSR count). The summed E-state index contributed by atoms with van der Waals surface area (Å²) in [5.41, 5.74) is 1.45. The van der Waals surface area contributed by atoms with Crippen LogP contribution in [0.5, 0.6) is 11.5 Å². The Balaban J connectivity index is 2.19. The van der Waals surface area contributed by atoms with Crippen LogP contribution in [0.3, 0.4) is 0 Å². The first-order valence-electron chi connectivity index (χ1n) is 6.74. The van der Waals surface area contributed by atoms with Gasteiger partial charge in [0.25, 0.3) is 0 Å². The summed E-state index contributed by atoms with van der Waals surface area (Å²) in [7, 11) is 1.45. The Bertz CT molecular complexity index is 803. The number of carbonyl (C=O) groups is 1. The van der Waals surface area contributed by atoms with Gasteiger partial charge in [-0.3, -0.25) is 0 Å².